The van der Waals surface area contributed by atoms with Crippen LogP contribution >= 0.6 is 0 Å². The maximum atomic E-state index is 11.5. The number of aromatic nitrogens is 2. The molecule has 0 aliphatic carbocycles. The zero-order valence-electron chi connectivity index (χ0n) is 13.8. The van der Waals surface area contributed by atoms with Gasteiger partial charge in [-0.3, -0.25) is 14.8 Å². The molecule has 2 aromatic heterocycles. The first-order chi connectivity index (χ1) is 11.5. The number of rotatable bonds is 4. The summed E-state index contributed by atoms with van der Waals surface area (Å²) in [7, 11) is 0. The molecule has 0 aliphatic rings. The van der Waals surface area contributed by atoms with Crippen molar-refractivity contribution in [3.63, 3.8) is 0 Å². The number of hydrogen-bond donors (Lipinski definition) is 1. The summed E-state index contributed by atoms with van der Waals surface area (Å²) in [5.41, 5.74) is 2.68. The Balaban J connectivity index is 0.00000225. The van der Waals surface area contributed by atoms with E-state index in [4.69, 9.17) is 0 Å². The van der Waals surface area contributed by atoms with Crippen LogP contribution in [0.15, 0.2) is 60.8 Å². The van der Waals surface area contributed by atoms with E-state index in [1.54, 1.807) is 26.1 Å². The van der Waals surface area contributed by atoms with Crippen molar-refractivity contribution in [2.45, 2.75) is 19.3 Å². The second-order valence-corrected chi connectivity index (χ2v) is 6.03. The van der Waals surface area contributed by atoms with Crippen molar-refractivity contribution in [2.75, 3.05) is 0 Å². The standard InChI is InChI=1S/C20H17N2O2.Pt/c1-20(2,19(23)24)15-8-5-7-14(13-15)16-10-6-11-18(22-16)17-9-3-4-12-21-17;/h3-12H,1-2H3,(H,23,24);/q-1;. The van der Waals surface area contributed by atoms with Crippen molar-refractivity contribution in [1.82, 2.24) is 9.97 Å². The minimum absolute atomic E-state index is 0. The Morgan fingerprint density at radius 2 is 1.64 bits per heavy atom. The van der Waals surface area contributed by atoms with Gasteiger partial charge in [-0.15, -0.1) is 35.4 Å². The molecule has 0 aliphatic heterocycles. The zero-order chi connectivity index (χ0) is 17.2. The summed E-state index contributed by atoms with van der Waals surface area (Å²) in [5, 5.41) is 9.41. The van der Waals surface area contributed by atoms with Gasteiger partial charge in [-0.25, -0.2) is 0 Å². The van der Waals surface area contributed by atoms with Gasteiger partial charge >= 0.3 is 5.97 Å². The van der Waals surface area contributed by atoms with Crippen molar-refractivity contribution in [1.29, 1.82) is 0 Å². The number of nitrogens with zero attached hydrogens (tertiary/aromatic N) is 2. The van der Waals surface area contributed by atoms with Crippen LogP contribution in [-0.4, -0.2) is 21.0 Å². The van der Waals surface area contributed by atoms with Crippen LogP contribution in [0.3, 0.4) is 0 Å². The quantitative estimate of drug-likeness (QED) is 0.538. The van der Waals surface area contributed by atoms with Crippen molar-refractivity contribution >= 4 is 5.97 Å². The molecule has 0 fully saturated rings. The van der Waals surface area contributed by atoms with Gasteiger partial charge in [-0.1, -0.05) is 18.2 Å². The molecule has 0 saturated carbocycles. The van der Waals surface area contributed by atoms with E-state index in [2.05, 4.69) is 16.0 Å². The second-order valence-electron chi connectivity index (χ2n) is 6.03. The molecule has 0 unspecified atom stereocenters. The van der Waals surface area contributed by atoms with Crippen LogP contribution in [0.2, 0.25) is 0 Å². The Kier molecular flexibility index (Phi) is 5.86. The monoisotopic (exact) mass is 512 g/mol. The van der Waals surface area contributed by atoms with E-state index in [-0.39, 0.29) is 21.1 Å². The van der Waals surface area contributed by atoms with Crippen LogP contribution in [0.1, 0.15) is 19.4 Å². The van der Waals surface area contributed by atoms with Gasteiger partial charge in [0.25, 0.3) is 0 Å². The third kappa shape index (κ3) is 4.02. The van der Waals surface area contributed by atoms with E-state index < -0.39 is 11.4 Å². The van der Waals surface area contributed by atoms with Crippen LogP contribution in [0.5, 0.6) is 0 Å². The van der Waals surface area contributed by atoms with Crippen molar-refractivity contribution in [3.8, 4) is 22.6 Å². The molecule has 1 N–H and O–H groups in total. The number of hydrogen-bond acceptors (Lipinski definition) is 3. The van der Waals surface area contributed by atoms with Gasteiger partial charge in [-0.05, 0) is 37.7 Å². The number of aliphatic carboxylic acids is 1. The van der Waals surface area contributed by atoms with Gasteiger partial charge in [0, 0.05) is 27.3 Å². The maximum absolute atomic E-state index is 11.5. The van der Waals surface area contributed by atoms with Crippen LogP contribution < -0.4 is 0 Å². The second kappa shape index (κ2) is 7.71. The fourth-order valence-electron chi connectivity index (χ4n) is 2.34. The SMILES string of the molecule is CC(C)(C(=O)O)c1[c-]c(-c2cccc(-c3ccccn3)n2)ccc1.[Pt]. The fourth-order valence-corrected chi connectivity index (χ4v) is 2.34. The van der Waals surface area contributed by atoms with Gasteiger partial charge in [0.15, 0.2) is 0 Å². The summed E-state index contributed by atoms with van der Waals surface area (Å²) in [6, 6.07) is 20.1. The van der Waals surface area contributed by atoms with Crippen LogP contribution in [-0.2, 0) is 31.3 Å². The van der Waals surface area contributed by atoms with Gasteiger partial charge in [0.05, 0.1) is 16.8 Å². The van der Waals surface area contributed by atoms with Crippen LogP contribution in [0, 0.1) is 6.07 Å². The van der Waals surface area contributed by atoms with E-state index in [0.717, 1.165) is 22.6 Å². The zero-order valence-corrected chi connectivity index (χ0v) is 16.1. The summed E-state index contributed by atoms with van der Waals surface area (Å²) in [5.74, 6) is -0.883. The first-order valence-electron chi connectivity index (χ1n) is 7.63. The molecule has 0 radical (unpaired) electrons. The molecule has 0 spiro atoms. The Bertz CT molecular complexity index is 880. The molecule has 2 heterocycles. The summed E-state index contributed by atoms with van der Waals surface area (Å²) in [6.07, 6.45) is 1.73. The van der Waals surface area contributed by atoms with E-state index in [1.807, 2.05) is 48.5 Å². The predicted octanol–water partition coefficient (Wildman–Crippen LogP) is 3.97. The number of carboxylic acids is 1. The Morgan fingerprint density at radius 3 is 2.32 bits per heavy atom. The molecule has 3 rings (SSSR count). The molecule has 25 heavy (non-hydrogen) atoms. The Morgan fingerprint density at radius 1 is 0.960 bits per heavy atom. The third-order valence-electron chi connectivity index (χ3n) is 3.96. The topological polar surface area (TPSA) is 63.1 Å². The molecule has 0 amide bonds. The minimum atomic E-state index is -1.01. The number of pyridine rings is 2. The number of carboxylic acid groups (broad SMARTS) is 1. The van der Waals surface area contributed by atoms with Gasteiger partial charge in [0.2, 0.25) is 0 Å². The van der Waals surface area contributed by atoms with E-state index in [9.17, 15) is 9.90 Å². The first kappa shape index (κ1) is 19.0. The van der Waals surface area contributed by atoms with Crippen molar-refractivity contribution < 1.29 is 31.0 Å². The predicted molar refractivity (Wildman–Crippen MR) is 92.4 cm³/mol. The summed E-state index contributed by atoms with van der Waals surface area (Å²) < 4.78 is 0. The first-order valence-corrected chi connectivity index (χ1v) is 7.63. The Hall–Kier alpha value is -2.32. The minimum Gasteiger partial charge on any atom is -0.481 e. The molecular formula is C20H17N2O2Pt-. The summed E-state index contributed by atoms with van der Waals surface area (Å²) >= 11 is 0. The maximum Gasteiger partial charge on any atom is 0.311 e. The molecule has 0 saturated heterocycles. The molecule has 1 aromatic carbocycles. The van der Waals surface area contributed by atoms with E-state index in [0.29, 0.717) is 5.56 Å². The average molecular weight is 512 g/mol. The fraction of sp³-hybridized carbons (Fsp3) is 0.150. The average Bonchev–Trinajstić information content (AvgIpc) is 2.62. The summed E-state index contributed by atoms with van der Waals surface area (Å²) in [6.45, 7) is 3.34. The van der Waals surface area contributed by atoms with E-state index >= 15 is 0 Å². The molecule has 5 heteroatoms. The molecule has 130 valence electrons. The molecular weight excluding hydrogens is 495 g/mol. The van der Waals surface area contributed by atoms with Gasteiger partial charge < -0.3 is 5.11 Å². The van der Waals surface area contributed by atoms with Crippen LogP contribution in [0.4, 0.5) is 0 Å². The van der Waals surface area contributed by atoms with Crippen LogP contribution in [0.25, 0.3) is 22.6 Å². The van der Waals surface area contributed by atoms with Gasteiger partial charge in [0.1, 0.15) is 0 Å². The normalized spacial score (nSPS) is 10.8. The summed E-state index contributed by atoms with van der Waals surface area (Å²) in [4.78, 5) is 20.4. The smallest absolute Gasteiger partial charge is 0.311 e. The van der Waals surface area contributed by atoms with Crippen molar-refractivity contribution in [3.05, 3.63) is 72.4 Å². The van der Waals surface area contributed by atoms with Gasteiger partial charge in [-0.2, -0.15) is 0 Å². The molecule has 3 aromatic rings. The van der Waals surface area contributed by atoms with E-state index in [1.165, 1.54) is 0 Å². The number of benzene rings is 1. The third-order valence-corrected chi connectivity index (χ3v) is 3.96. The molecule has 0 atom stereocenters. The van der Waals surface area contributed by atoms with Crippen molar-refractivity contribution in [2.24, 2.45) is 0 Å². The molecule has 4 nitrogen and oxygen atoms in total. The Labute approximate surface area is 161 Å². The molecule has 0 bridgehead atoms. The largest absolute Gasteiger partial charge is 0.481 e. The number of carbonyl (C=O) groups is 1.